The summed E-state index contributed by atoms with van der Waals surface area (Å²) >= 11 is 6.07. The van der Waals surface area contributed by atoms with Crippen LogP contribution < -0.4 is 10.9 Å². The van der Waals surface area contributed by atoms with Crippen molar-refractivity contribution in [3.8, 4) is 0 Å². The van der Waals surface area contributed by atoms with Crippen molar-refractivity contribution in [2.75, 3.05) is 0 Å². The van der Waals surface area contributed by atoms with E-state index < -0.39 is 0 Å². The lowest BCUT2D eigenvalue weighted by atomic mass is 9.85. The minimum absolute atomic E-state index is 0.123. The number of H-pyrrole nitrogens is 1. The summed E-state index contributed by atoms with van der Waals surface area (Å²) in [5.74, 6) is 0.966. The van der Waals surface area contributed by atoms with Crippen LogP contribution in [0, 0.1) is 6.92 Å². The molecule has 1 aliphatic carbocycles. The van der Waals surface area contributed by atoms with Crippen LogP contribution in [0.1, 0.15) is 47.8 Å². The molecule has 0 radical (unpaired) electrons. The van der Waals surface area contributed by atoms with Crippen molar-refractivity contribution in [1.82, 2.24) is 15.3 Å². The molecule has 6 heteroatoms. The lowest BCUT2D eigenvalue weighted by Gasteiger charge is -2.24. The van der Waals surface area contributed by atoms with Crippen LogP contribution in [0.3, 0.4) is 0 Å². The van der Waals surface area contributed by atoms with Crippen molar-refractivity contribution in [3.05, 3.63) is 62.3 Å². The molecule has 1 fully saturated rings. The zero-order valence-electron chi connectivity index (χ0n) is 13.6. The quantitative estimate of drug-likeness (QED) is 0.875. The van der Waals surface area contributed by atoms with Crippen LogP contribution >= 0.6 is 11.6 Å². The first-order valence-corrected chi connectivity index (χ1v) is 8.51. The minimum atomic E-state index is -0.165. The normalized spacial score (nSPS) is 14.2. The van der Waals surface area contributed by atoms with E-state index >= 15 is 0 Å². The number of aryl methyl sites for hydroxylation is 1. The van der Waals surface area contributed by atoms with Gasteiger partial charge in [0.2, 0.25) is 5.91 Å². The molecule has 1 heterocycles. The average Bonchev–Trinajstić information content (AvgIpc) is 2.47. The Morgan fingerprint density at radius 3 is 2.83 bits per heavy atom. The van der Waals surface area contributed by atoms with Crippen LogP contribution in [0.25, 0.3) is 0 Å². The van der Waals surface area contributed by atoms with Crippen LogP contribution in [0.4, 0.5) is 0 Å². The van der Waals surface area contributed by atoms with Gasteiger partial charge in [0, 0.05) is 17.0 Å². The molecule has 0 bridgehead atoms. The van der Waals surface area contributed by atoms with Gasteiger partial charge in [-0.2, -0.15) is 0 Å². The summed E-state index contributed by atoms with van der Waals surface area (Å²) in [5.41, 5.74) is 2.27. The van der Waals surface area contributed by atoms with Gasteiger partial charge in [-0.1, -0.05) is 30.2 Å². The molecule has 1 aromatic heterocycles. The maximum atomic E-state index is 12.1. The fraction of sp³-hybridized carbons (Fsp3) is 0.389. The van der Waals surface area contributed by atoms with Gasteiger partial charge in [0.15, 0.2) is 0 Å². The Bertz CT molecular complexity index is 812. The highest BCUT2D eigenvalue weighted by molar-refractivity contribution is 6.31. The molecule has 1 aromatic carbocycles. The van der Waals surface area contributed by atoms with E-state index in [1.54, 1.807) is 6.07 Å². The monoisotopic (exact) mass is 345 g/mol. The summed E-state index contributed by atoms with van der Waals surface area (Å²) in [6.45, 7) is 2.17. The van der Waals surface area contributed by atoms with E-state index in [2.05, 4.69) is 15.3 Å². The van der Waals surface area contributed by atoms with Crippen molar-refractivity contribution >= 4 is 17.5 Å². The van der Waals surface area contributed by atoms with Crippen LogP contribution in [0.15, 0.2) is 29.1 Å². The number of nitrogens with one attached hydrogen (secondary N) is 2. The van der Waals surface area contributed by atoms with E-state index in [1.807, 2.05) is 19.1 Å². The second-order valence-corrected chi connectivity index (χ2v) is 6.69. The maximum absolute atomic E-state index is 12.1. The van der Waals surface area contributed by atoms with Crippen molar-refractivity contribution in [2.24, 2.45) is 0 Å². The number of carbonyl (C=O) groups is 1. The largest absolute Gasteiger partial charge is 0.350 e. The molecule has 24 heavy (non-hydrogen) atoms. The molecule has 5 nitrogen and oxygen atoms in total. The molecule has 0 aliphatic heterocycles. The lowest BCUT2D eigenvalue weighted by Crippen LogP contribution is -2.27. The Morgan fingerprint density at radius 1 is 1.38 bits per heavy atom. The second-order valence-electron chi connectivity index (χ2n) is 6.29. The van der Waals surface area contributed by atoms with Gasteiger partial charge in [0.05, 0.1) is 18.7 Å². The van der Waals surface area contributed by atoms with Crippen LogP contribution in [-0.2, 0) is 17.8 Å². The zero-order valence-corrected chi connectivity index (χ0v) is 14.3. The van der Waals surface area contributed by atoms with E-state index in [4.69, 9.17) is 11.6 Å². The van der Waals surface area contributed by atoms with Crippen molar-refractivity contribution in [1.29, 1.82) is 0 Å². The highest BCUT2D eigenvalue weighted by Gasteiger charge is 2.22. The fourth-order valence-electron chi connectivity index (χ4n) is 2.68. The van der Waals surface area contributed by atoms with E-state index in [-0.39, 0.29) is 24.4 Å². The Kier molecular flexibility index (Phi) is 5.00. The molecule has 0 saturated heterocycles. The van der Waals surface area contributed by atoms with Gasteiger partial charge < -0.3 is 10.3 Å². The van der Waals surface area contributed by atoms with E-state index in [1.165, 1.54) is 12.5 Å². The van der Waals surface area contributed by atoms with Crippen LogP contribution in [0.5, 0.6) is 0 Å². The molecule has 126 valence electrons. The SMILES string of the molecule is Cc1ccc(CC(=O)NCc2cc(=O)[nH]c(C3CCC3)n2)cc1Cl. The molecule has 0 atom stereocenters. The minimum Gasteiger partial charge on any atom is -0.350 e. The number of nitrogens with zero attached hydrogens (tertiary/aromatic N) is 1. The maximum Gasteiger partial charge on any atom is 0.251 e. The Balaban J connectivity index is 1.60. The van der Waals surface area contributed by atoms with Gasteiger partial charge >= 0.3 is 0 Å². The molecular formula is C18H20ClN3O2. The highest BCUT2D eigenvalue weighted by Crippen LogP contribution is 2.33. The van der Waals surface area contributed by atoms with Gasteiger partial charge in [0.1, 0.15) is 5.82 Å². The number of hydrogen-bond donors (Lipinski definition) is 2. The number of rotatable bonds is 5. The summed E-state index contributed by atoms with van der Waals surface area (Å²) in [7, 11) is 0. The first kappa shape index (κ1) is 16.7. The zero-order chi connectivity index (χ0) is 17.1. The molecule has 1 saturated carbocycles. The topological polar surface area (TPSA) is 74.8 Å². The molecule has 3 rings (SSSR count). The Hall–Kier alpha value is -2.14. The van der Waals surface area contributed by atoms with Crippen molar-refractivity contribution in [3.63, 3.8) is 0 Å². The van der Waals surface area contributed by atoms with Gasteiger partial charge in [-0.15, -0.1) is 0 Å². The first-order valence-electron chi connectivity index (χ1n) is 8.13. The fourth-order valence-corrected chi connectivity index (χ4v) is 2.88. The number of amides is 1. The lowest BCUT2D eigenvalue weighted by molar-refractivity contribution is -0.120. The van der Waals surface area contributed by atoms with E-state index in [0.717, 1.165) is 29.8 Å². The van der Waals surface area contributed by atoms with Gasteiger partial charge in [-0.3, -0.25) is 9.59 Å². The summed E-state index contributed by atoms with van der Waals surface area (Å²) < 4.78 is 0. The molecule has 0 unspecified atom stereocenters. The smallest absolute Gasteiger partial charge is 0.251 e. The number of hydrogen-bond acceptors (Lipinski definition) is 3. The first-order chi connectivity index (χ1) is 11.5. The standard InChI is InChI=1S/C18H20ClN3O2/c1-11-5-6-12(7-15(11)19)8-16(23)20-10-14-9-17(24)22-18(21-14)13-3-2-4-13/h5-7,9,13H,2-4,8,10H2,1H3,(H,20,23)(H,21,22,24). The predicted octanol–water partition coefficient (Wildman–Crippen LogP) is 2.86. The van der Waals surface area contributed by atoms with Gasteiger partial charge in [-0.05, 0) is 37.0 Å². The number of aromatic amines is 1. The molecule has 1 amide bonds. The molecule has 2 N–H and O–H groups in total. The third kappa shape index (κ3) is 4.03. The molecular weight excluding hydrogens is 326 g/mol. The van der Waals surface area contributed by atoms with E-state index in [9.17, 15) is 9.59 Å². The Morgan fingerprint density at radius 2 is 2.17 bits per heavy atom. The number of carbonyl (C=O) groups excluding carboxylic acids is 1. The molecule has 0 spiro atoms. The van der Waals surface area contributed by atoms with Crippen molar-refractivity contribution in [2.45, 2.75) is 45.1 Å². The summed E-state index contributed by atoms with van der Waals surface area (Å²) in [4.78, 5) is 31.1. The number of halogens is 1. The second kappa shape index (κ2) is 7.18. The van der Waals surface area contributed by atoms with Gasteiger partial charge in [0.25, 0.3) is 5.56 Å². The van der Waals surface area contributed by atoms with Crippen LogP contribution in [0.2, 0.25) is 5.02 Å². The van der Waals surface area contributed by atoms with Gasteiger partial charge in [-0.25, -0.2) is 4.98 Å². The summed E-state index contributed by atoms with van der Waals surface area (Å²) in [6.07, 6.45) is 3.55. The Labute approximate surface area is 145 Å². The molecule has 1 aliphatic rings. The van der Waals surface area contributed by atoms with E-state index in [0.29, 0.717) is 16.6 Å². The number of aromatic nitrogens is 2. The predicted molar refractivity (Wildman–Crippen MR) is 93.2 cm³/mol. The third-order valence-corrected chi connectivity index (χ3v) is 4.78. The summed E-state index contributed by atoms with van der Waals surface area (Å²) in [5, 5.41) is 3.47. The average molecular weight is 346 g/mol. The molecule has 2 aromatic rings. The van der Waals surface area contributed by atoms with Crippen LogP contribution in [-0.4, -0.2) is 15.9 Å². The summed E-state index contributed by atoms with van der Waals surface area (Å²) in [6, 6.07) is 7.02. The third-order valence-electron chi connectivity index (χ3n) is 4.37. The number of benzene rings is 1. The highest BCUT2D eigenvalue weighted by atomic mass is 35.5. The van der Waals surface area contributed by atoms with Crippen molar-refractivity contribution < 1.29 is 4.79 Å².